The summed E-state index contributed by atoms with van der Waals surface area (Å²) in [6.45, 7) is 6.03. The zero-order valence-electron chi connectivity index (χ0n) is 12.2. The second-order valence-electron chi connectivity index (χ2n) is 6.56. The van der Waals surface area contributed by atoms with Crippen molar-refractivity contribution in [1.82, 2.24) is 14.9 Å². The van der Waals surface area contributed by atoms with E-state index in [0.29, 0.717) is 0 Å². The molecule has 3 heterocycles. The largest absolute Gasteiger partial charge is 0.356 e. The Hall–Kier alpha value is -1.16. The van der Waals surface area contributed by atoms with E-state index in [0.717, 1.165) is 18.8 Å². The minimum absolute atomic E-state index is 0.986. The van der Waals surface area contributed by atoms with Gasteiger partial charge in [0.1, 0.15) is 12.1 Å². The molecule has 1 saturated heterocycles. The molecule has 0 bridgehead atoms. The van der Waals surface area contributed by atoms with E-state index in [9.17, 15) is 0 Å². The van der Waals surface area contributed by atoms with Crippen molar-refractivity contribution >= 4 is 5.82 Å². The Labute approximate surface area is 121 Å². The quantitative estimate of drug-likeness (QED) is 0.841. The molecular weight excluding hydrogens is 248 g/mol. The predicted molar refractivity (Wildman–Crippen MR) is 80.1 cm³/mol. The van der Waals surface area contributed by atoms with Crippen LogP contribution in [0.4, 0.5) is 5.82 Å². The van der Waals surface area contributed by atoms with Crippen LogP contribution in [-0.4, -0.2) is 47.6 Å². The molecule has 4 rings (SSSR count). The Morgan fingerprint density at radius 2 is 1.80 bits per heavy atom. The van der Waals surface area contributed by atoms with Gasteiger partial charge in [-0.2, -0.15) is 0 Å². The van der Waals surface area contributed by atoms with E-state index in [1.807, 2.05) is 0 Å². The van der Waals surface area contributed by atoms with E-state index in [-0.39, 0.29) is 0 Å². The first-order chi connectivity index (χ1) is 9.90. The highest BCUT2D eigenvalue weighted by Crippen LogP contribution is 2.31. The lowest BCUT2D eigenvalue weighted by atomic mass is 10.1. The molecule has 1 aromatic rings. The summed E-state index contributed by atoms with van der Waals surface area (Å²) < 4.78 is 0. The van der Waals surface area contributed by atoms with Crippen LogP contribution in [0.5, 0.6) is 0 Å². The summed E-state index contributed by atoms with van der Waals surface area (Å²) in [7, 11) is 0. The van der Waals surface area contributed by atoms with E-state index in [2.05, 4.69) is 19.8 Å². The van der Waals surface area contributed by atoms with Gasteiger partial charge in [-0.05, 0) is 38.0 Å². The molecule has 2 fully saturated rings. The fraction of sp³-hybridized carbons (Fsp3) is 0.750. The Morgan fingerprint density at radius 3 is 2.60 bits per heavy atom. The summed E-state index contributed by atoms with van der Waals surface area (Å²) in [5.74, 6) is 2.22. The molecule has 0 spiro atoms. The summed E-state index contributed by atoms with van der Waals surface area (Å²) in [5, 5.41) is 0. The molecule has 3 aliphatic rings. The van der Waals surface area contributed by atoms with Gasteiger partial charge in [0.25, 0.3) is 0 Å². The van der Waals surface area contributed by atoms with Gasteiger partial charge in [-0.25, -0.2) is 9.97 Å². The zero-order chi connectivity index (χ0) is 13.4. The highest BCUT2D eigenvalue weighted by Gasteiger charge is 2.27. The van der Waals surface area contributed by atoms with Gasteiger partial charge in [-0.1, -0.05) is 0 Å². The van der Waals surface area contributed by atoms with Crippen LogP contribution in [0.25, 0.3) is 0 Å². The van der Waals surface area contributed by atoms with Crippen LogP contribution in [0, 0.1) is 5.92 Å². The lowest BCUT2D eigenvalue weighted by Crippen LogP contribution is -2.28. The van der Waals surface area contributed by atoms with Crippen molar-refractivity contribution in [2.75, 3.05) is 37.6 Å². The Kier molecular flexibility index (Phi) is 3.34. The third kappa shape index (κ3) is 2.53. The van der Waals surface area contributed by atoms with Crippen LogP contribution in [-0.2, 0) is 12.8 Å². The topological polar surface area (TPSA) is 32.3 Å². The molecule has 1 saturated carbocycles. The maximum atomic E-state index is 4.61. The molecule has 0 N–H and O–H groups in total. The van der Waals surface area contributed by atoms with Gasteiger partial charge in [0.15, 0.2) is 0 Å². The molecular formula is C16H24N4. The predicted octanol–water partition coefficient (Wildman–Crippen LogP) is 1.89. The smallest absolute Gasteiger partial charge is 0.135 e. The summed E-state index contributed by atoms with van der Waals surface area (Å²) in [4.78, 5) is 14.3. The van der Waals surface area contributed by atoms with Crippen molar-refractivity contribution in [3.63, 3.8) is 0 Å². The first-order valence-corrected chi connectivity index (χ1v) is 8.20. The second kappa shape index (κ2) is 5.32. The van der Waals surface area contributed by atoms with Crippen molar-refractivity contribution in [2.24, 2.45) is 5.92 Å². The average Bonchev–Trinajstić information content (AvgIpc) is 3.17. The first-order valence-electron chi connectivity index (χ1n) is 8.20. The summed E-state index contributed by atoms with van der Waals surface area (Å²) >= 11 is 0. The number of nitrogens with zero attached hydrogens (tertiary/aromatic N) is 4. The minimum atomic E-state index is 0.986. The van der Waals surface area contributed by atoms with Gasteiger partial charge in [0.05, 0.1) is 5.69 Å². The van der Waals surface area contributed by atoms with E-state index in [1.165, 1.54) is 75.5 Å². The minimum Gasteiger partial charge on any atom is -0.356 e. The molecule has 0 atom stereocenters. The number of hydrogen-bond donors (Lipinski definition) is 0. The van der Waals surface area contributed by atoms with E-state index >= 15 is 0 Å². The molecule has 0 aromatic carbocycles. The number of rotatable bonds is 3. The monoisotopic (exact) mass is 272 g/mol. The molecule has 2 aliphatic heterocycles. The second-order valence-corrected chi connectivity index (χ2v) is 6.56. The standard InChI is InChI=1S/C16H24N4/c1-2-8-20(7-1)16-14-5-9-19(11-13-3-4-13)10-6-15(14)17-12-18-16/h12-13H,1-11H2. The van der Waals surface area contributed by atoms with E-state index in [1.54, 1.807) is 6.33 Å². The van der Waals surface area contributed by atoms with Crippen molar-refractivity contribution in [3.8, 4) is 0 Å². The van der Waals surface area contributed by atoms with Gasteiger partial charge >= 0.3 is 0 Å². The molecule has 4 heteroatoms. The van der Waals surface area contributed by atoms with E-state index < -0.39 is 0 Å². The fourth-order valence-electron chi connectivity index (χ4n) is 3.61. The molecule has 20 heavy (non-hydrogen) atoms. The summed E-state index contributed by atoms with van der Waals surface area (Å²) in [6.07, 6.45) is 9.53. The third-order valence-electron chi connectivity index (χ3n) is 4.97. The third-order valence-corrected chi connectivity index (χ3v) is 4.97. The van der Waals surface area contributed by atoms with Crippen molar-refractivity contribution in [2.45, 2.75) is 38.5 Å². The highest BCUT2D eigenvalue weighted by atomic mass is 15.2. The van der Waals surface area contributed by atoms with Crippen LogP contribution in [0.3, 0.4) is 0 Å². The maximum absolute atomic E-state index is 4.61. The maximum Gasteiger partial charge on any atom is 0.135 e. The molecule has 108 valence electrons. The molecule has 4 nitrogen and oxygen atoms in total. The van der Waals surface area contributed by atoms with Gasteiger partial charge in [0.2, 0.25) is 0 Å². The van der Waals surface area contributed by atoms with E-state index in [4.69, 9.17) is 0 Å². The highest BCUT2D eigenvalue weighted by molar-refractivity contribution is 5.50. The van der Waals surface area contributed by atoms with Gasteiger partial charge < -0.3 is 9.80 Å². The molecule has 0 amide bonds. The number of fused-ring (bicyclic) bond motifs is 1. The molecule has 1 aromatic heterocycles. The number of anilines is 1. The Balaban J connectivity index is 1.54. The van der Waals surface area contributed by atoms with Gasteiger partial charge in [-0.15, -0.1) is 0 Å². The van der Waals surface area contributed by atoms with Gasteiger partial charge in [0, 0.05) is 44.7 Å². The Morgan fingerprint density at radius 1 is 1.00 bits per heavy atom. The molecule has 1 aliphatic carbocycles. The van der Waals surface area contributed by atoms with Crippen LogP contribution in [0.2, 0.25) is 0 Å². The van der Waals surface area contributed by atoms with Crippen molar-refractivity contribution < 1.29 is 0 Å². The van der Waals surface area contributed by atoms with Crippen LogP contribution < -0.4 is 4.90 Å². The van der Waals surface area contributed by atoms with Crippen molar-refractivity contribution in [3.05, 3.63) is 17.6 Å². The Bertz CT molecular complexity index is 477. The fourth-order valence-corrected chi connectivity index (χ4v) is 3.61. The lowest BCUT2D eigenvalue weighted by molar-refractivity contribution is 0.275. The summed E-state index contributed by atoms with van der Waals surface area (Å²) in [5.41, 5.74) is 2.74. The van der Waals surface area contributed by atoms with Crippen LogP contribution >= 0.6 is 0 Å². The summed E-state index contributed by atoms with van der Waals surface area (Å²) in [6, 6.07) is 0. The average molecular weight is 272 g/mol. The first kappa shape index (κ1) is 12.6. The molecule has 0 radical (unpaired) electrons. The van der Waals surface area contributed by atoms with Crippen molar-refractivity contribution in [1.29, 1.82) is 0 Å². The normalized spacial score (nSPS) is 23.7. The van der Waals surface area contributed by atoms with Crippen LogP contribution in [0.1, 0.15) is 36.9 Å². The SMILES string of the molecule is c1nc2c(c(N3CCCC3)n1)CCN(CC1CC1)CC2. The molecule has 0 unspecified atom stereocenters. The zero-order valence-corrected chi connectivity index (χ0v) is 12.2. The number of hydrogen-bond acceptors (Lipinski definition) is 4. The lowest BCUT2D eigenvalue weighted by Gasteiger charge is -2.21. The number of aromatic nitrogens is 2. The van der Waals surface area contributed by atoms with Gasteiger partial charge in [-0.3, -0.25) is 0 Å². The van der Waals surface area contributed by atoms with Crippen LogP contribution in [0.15, 0.2) is 6.33 Å².